The maximum Gasteiger partial charge on any atom is 0.294 e. The van der Waals surface area contributed by atoms with Crippen molar-refractivity contribution in [3.63, 3.8) is 0 Å². The molecule has 0 saturated heterocycles. The highest BCUT2D eigenvalue weighted by molar-refractivity contribution is 7.84. The molecule has 1 atom stereocenters. The summed E-state index contributed by atoms with van der Waals surface area (Å²) in [5.41, 5.74) is 1.76. The second kappa shape index (κ2) is 7.64. The molecule has 1 saturated carbocycles. The molecule has 0 spiro atoms. The molecule has 0 radical (unpaired) electrons. The molecule has 25 heavy (non-hydrogen) atoms. The molecule has 1 unspecified atom stereocenters. The Morgan fingerprint density at radius 1 is 1.32 bits per heavy atom. The van der Waals surface area contributed by atoms with Gasteiger partial charge in [-0.1, -0.05) is 11.6 Å². The minimum absolute atomic E-state index is 0.181. The highest BCUT2D eigenvalue weighted by Crippen LogP contribution is 2.28. The van der Waals surface area contributed by atoms with Crippen LogP contribution in [0.4, 0.5) is 0 Å². The van der Waals surface area contributed by atoms with Crippen molar-refractivity contribution in [3.8, 4) is 6.01 Å². The molecule has 138 valence electrons. The Hall–Kier alpha value is -1.11. The first kappa shape index (κ1) is 18.7. The average molecular weight is 384 g/mol. The van der Waals surface area contributed by atoms with Gasteiger partial charge in [-0.3, -0.25) is 0 Å². The number of aromatic amines is 1. The minimum atomic E-state index is -0.997. The van der Waals surface area contributed by atoms with Crippen molar-refractivity contribution < 1.29 is 8.95 Å². The minimum Gasteiger partial charge on any atom is -0.461 e. The molecule has 1 aliphatic rings. The van der Waals surface area contributed by atoms with Crippen molar-refractivity contribution in [1.82, 2.24) is 14.7 Å². The molecule has 2 N–H and O–H groups in total. The summed E-state index contributed by atoms with van der Waals surface area (Å²) in [5.74, 6) is 0.556. The van der Waals surface area contributed by atoms with Crippen LogP contribution >= 0.6 is 11.6 Å². The molecule has 0 aliphatic heterocycles. The van der Waals surface area contributed by atoms with Crippen molar-refractivity contribution >= 4 is 33.6 Å². The van der Waals surface area contributed by atoms with Crippen LogP contribution in [0.15, 0.2) is 18.2 Å². The molecule has 7 heteroatoms. The monoisotopic (exact) mass is 383 g/mol. The van der Waals surface area contributed by atoms with Crippen LogP contribution < -0.4 is 9.46 Å². The van der Waals surface area contributed by atoms with Gasteiger partial charge < -0.3 is 9.72 Å². The van der Waals surface area contributed by atoms with E-state index in [0.29, 0.717) is 17.0 Å². The number of hydrogen-bond donors (Lipinski definition) is 2. The Kier molecular flexibility index (Phi) is 5.71. The van der Waals surface area contributed by atoms with Gasteiger partial charge in [0.2, 0.25) is 0 Å². The lowest BCUT2D eigenvalue weighted by Crippen LogP contribution is -2.37. The van der Waals surface area contributed by atoms with Gasteiger partial charge in [-0.25, -0.2) is 8.93 Å². The molecular formula is C18H26ClN3O2S. The summed E-state index contributed by atoms with van der Waals surface area (Å²) in [6, 6.07) is 6.13. The van der Waals surface area contributed by atoms with Crippen molar-refractivity contribution in [1.29, 1.82) is 0 Å². The predicted molar refractivity (Wildman–Crippen MR) is 103 cm³/mol. The number of nitrogens with zero attached hydrogens (tertiary/aromatic N) is 1. The van der Waals surface area contributed by atoms with E-state index in [4.69, 9.17) is 16.3 Å². The van der Waals surface area contributed by atoms with Gasteiger partial charge in [-0.05, 0) is 70.6 Å². The second-order valence-electron chi connectivity index (χ2n) is 7.69. The van der Waals surface area contributed by atoms with E-state index in [1.165, 1.54) is 0 Å². The van der Waals surface area contributed by atoms with E-state index in [1.54, 1.807) is 0 Å². The SMILES string of the molecule is CC(C)(C)S(=O)NCC1CCC(Oc2nc3ccc(Cl)cc3[nH]2)CC1. The van der Waals surface area contributed by atoms with E-state index in [9.17, 15) is 4.21 Å². The van der Waals surface area contributed by atoms with Crippen LogP contribution in [-0.2, 0) is 11.0 Å². The molecule has 0 amide bonds. The van der Waals surface area contributed by atoms with Gasteiger partial charge >= 0.3 is 0 Å². The Bertz CT molecular complexity index is 748. The van der Waals surface area contributed by atoms with Crippen LogP contribution in [0.25, 0.3) is 11.0 Å². The van der Waals surface area contributed by atoms with Crippen LogP contribution in [-0.4, -0.2) is 31.6 Å². The zero-order valence-electron chi connectivity index (χ0n) is 15.0. The van der Waals surface area contributed by atoms with Crippen LogP contribution in [0.3, 0.4) is 0 Å². The predicted octanol–water partition coefficient (Wildman–Crippen LogP) is 4.21. The van der Waals surface area contributed by atoms with Gasteiger partial charge in [0.05, 0.1) is 26.8 Å². The molecule has 1 aromatic carbocycles. The standard InChI is InChI=1S/C18H26ClN3O2S/c1-18(2,3)25(23)20-11-12-4-7-14(8-5-12)24-17-21-15-9-6-13(19)10-16(15)22-17/h6,9-10,12,14,20H,4-5,7-8,11H2,1-3H3,(H,21,22). The normalized spacial score (nSPS) is 22.9. The second-order valence-corrected chi connectivity index (χ2v) is 10.2. The fourth-order valence-corrected chi connectivity index (χ4v) is 4.03. The summed E-state index contributed by atoms with van der Waals surface area (Å²) >= 11 is 6.00. The summed E-state index contributed by atoms with van der Waals surface area (Å²) < 4.78 is 21.1. The van der Waals surface area contributed by atoms with Crippen LogP contribution in [0.2, 0.25) is 5.02 Å². The molecular weight excluding hydrogens is 358 g/mol. The third-order valence-electron chi connectivity index (χ3n) is 4.55. The number of halogens is 1. The van der Waals surface area contributed by atoms with Crippen LogP contribution in [0.5, 0.6) is 6.01 Å². The summed E-state index contributed by atoms with van der Waals surface area (Å²) in [5, 5.41) is 0.684. The molecule has 1 aliphatic carbocycles. The highest BCUT2D eigenvalue weighted by atomic mass is 35.5. The van der Waals surface area contributed by atoms with Gasteiger partial charge in [0.1, 0.15) is 6.10 Å². The van der Waals surface area contributed by atoms with Crippen molar-refractivity contribution in [2.24, 2.45) is 5.92 Å². The third-order valence-corrected chi connectivity index (χ3v) is 6.33. The zero-order chi connectivity index (χ0) is 18.0. The number of ether oxygens (including phenoxy) is 1. The Balaban J connectivity index is 1.48. The number of nitrogens with one attached hydrogen (secondary N) is 2. The zero-order valence-corrected chi connectivity index (χ0v) is 16.5. The van der Waals surface area contributed by atoms with Crippen LogP contribution in [0, 0.1) is 5.92 Å². The Morgan fingerprint density at radius 3 is 2.72 bits per heavy atom. The van der Waals surface area contributed by atoms with E-state index in [2.05, 4.69) is 14.7 Å². The van der Waals surface area contributed by atoms with Crippen molar-refractivity contribution in [2.45, 2.75) is 57.3 Å². The number of H-pyrrole nitrogens is 1. The van der Waals surface area contributed by atoms with Gasteiger partial charge in [0.15, 0.2) is 0 Å². The van der Waals surface area contributed by atoms with Gasteiger partial charge in [-0.2, -0.15) is 4.98 Å². The highest BCUT2D eigenvalue weighted by Gasteiger charge is 2.25. The van der Waals surface area contributed by atoms with Crippen molar-refractivity contribution in [2.75, 3.05) is 6.54 Å². The Morgan fingerprint density at radius 2 is 2.04 bits per heavy atom. The van der Waals surface area contributed by atoms with Crippen molar-refractivity contribution in [3.05, 3.63) is 23.2 Å². The van der Waals surface area contributed by atoms with Gasteiger partial charge in [0.25, 0.3) is 6.01 Å². The topological polar surface area (TPSA) is 67.0 Å². The average Bonchev–Trinajstić information content (AvgIpc) is 2.94. The molecule has 1 fully saturated rings. The Labute approximate surface area is 156 Å². The van der Waals surface area contributed by atoms with E-state index < -0.39 is 11.0 Å². The summed E-state index contributed by atoms with van der Waals surface area (Å²) in [6.45, 7) is 6.77. The fourth-order valence-electron chi connectivity index (χ4n) is 3.04. The first-order valence-electron chi connectivity index (χ1n) is 8.78. The molecule has 2 aromatic rings. The van der Waals surface area contributed by atoms with E-state index in [-0.39, 0.29) is 10.9 Å². The molecule has 1 heterocycles. The number of imidazole rings is 1. The lowest BCUT2D eigenvalue weighted by atomic mass is 9.87. The molecule has 3 rings (SSSR count). The lowest BCUT2D eigenvalue weighted by Gasteiger charge is -2.29. The van der Waals surface area contributed by atoms with E-state index in [0.717, 1.165) is 43.3 Å². The first-order chi connectivity index (χ1) is 11.8. The quantitative estimate of drug-likeness (QED) is 0.812. The smallest absolute Gasteiger partial charge is 0.294 e. The number of benzene rings is 1. The molecule has 1 aromatic heterocycles. The number of fused-ring (bicyclic) bond motifs is 1. The summed E-state index contributed by atoms with van der Waals surface area (Å²) in [7, 11) is -0.997. The van der Waals surface area contributed by atoms with Crippen LogP contribution in [0.1, 0.15) is 46.5 Å². The first-order valence-corrected chi connectivity index (χ1v) is 10.3. The fraction of sp³-hybridized carbons (Fsp3) is 0.611. The summed E-state index contributed by atoms with van der Waals surface area (Å²) in [6.07, 6.45) is 4.31. The van der Waals surface area contributed by atoms with Gasteiger partial charge in [0, 0.05) is 11.6 Å². The molecule has 5 nitrogen and oxygen atoms in total. The third kappa shape index (κ3) is 4.96. The largest absolute Gasteiger partial charge is 0.461 e. The van der Waals surface area contributed by atoms with E-state index in [1.807, 2.05) is 39.0 Å². The number of rotatable bonds is 5. The number of aromatic nitrogens is 2. The van der Waals surface area contributed by atoms with Gasteiger partial charge in [-0.15, -0.1) is 0 Å². The molecule has 0 bridgehead atoms. The lowest BCUT2D eigenvalue weighted by molar-refractivity contribution is 0.122. The maximum absolute atomic E-state index is 12.1. The van der Waals surface area contributed by atoms with E-state index >= 15 is 0 Å². The summed E-state index contributed by atoms with van der Waals surface area (Å²) in [4.78, 5) is 7.65. The maximum atomic E-state index is 12.1. The number of hydrogen-bond acceptors (Lipinski definition) is 3.